The quantitative estimate of drug-likeness (QED) is 0.425. The SMILES string of the molecule is O=C(CS(=O)(=O)c1cc(Cl)c(Cl)s1)NC/C=C1\CCCc2cnn(-c3cccc(C(F)(F)F)c3)c21. The number of nitrogens with zero attached hydrogens (tertiary/aromatic N) is 2. The number of thiophene rings is 1. The fraction of sp³-hybridized carbons (Fsp3) is 0.273. The van der Waals surface area contributed by atoms with Crippen molar-refractivity contribution in [3.8, 4) is 5.69 Å². The van der Waals surface area contributed by atoms with Crippen molar-refractivity contribution in [3.05, 3.63) is 68.8 Å². The van der Waals surface area contributed by atoms with Crippen LogP contribution in [0.1, 0.15) is 29.7 Å². The second-order valence-electron chi connectivity index (χ2n) is 7.81. The molecule has 0 unspecified atom stereocenters. The summed E-state index contributed by atoms with van der Waals surface area (Å²) in [7, 11) is -3.90. The van der Waals surface area contributed by atoms with E-state index in [0.717, 1.165) is 47.4 Å². The third-order valence-electron chi connectivity index (χ3n) is 5.36. The van der Waals surface area contributed by atoms with Gasteiger partial charge in [0, 0.05) is 6.54 Å². The number of amides is 1. The summed E-state index contributed by atoms with van der Waals surface area (Å²) in [6.07, 6.45) is 1.06. The zero-order valence-electron chi connectivity index (χ0n) is 17.9. The van der Waals surface area contributed by atoms with E-state index in [9.17, 15) is 26.4 Å². The van der Waals surface area contributed by atoms with Gasteiger partial charge in [-0.05, 0) is 54.7 Å². The molecule has 13 heteroatoms. The minimum absolute atomic E-state index is 0.0445. The third-order valence-corrected chi connectivity index (χ3v) is 9.40. The summed E-state index contributed by atoms with van der Waals surface area (Å²) in [6.45, 7) is 0.0445. The van der Waals surface area contributed by atoms with Gasteiger partial charge in [-0.3, -0.25) is 4.79 Å². The molecule has 0 radical (unpaired) electrons. The summed E-state index contributed by atoms with van der Waals surface area (Å²) >= 11 is 12.4. The van der Waals surface area contributed by atoms with Gasteiger partial charge in [0.2, 0.25) is 5.91 Å². The maximum absolute atomic E-state index is 13.2. The lowest BCUT2D eigenvalue weighted by Crippen LogP contribution is -2.30. The first-order valence-corrected chi connectivity index (χ1v) is 13.6. The summed E-state index contributed by atoms with van der Waals surface area (Å²) in [5, 5.41) is 6.95. The van der Waals surface area contributed by atoms with Crippen molar-refractivity contribution in [2.75, 3.05) is 12.3 Å². The standard InChI is InChI=1S/C22H18Cl2F3N3O3S2/c23-17-10-19(34-21(17)24)35(32,33)12-18(31)28-8-7-13-3-1-4-14-11-29-30(20(13)14)16-6-2-5-15(9-16)22(25,26)27/h2,5-7,9-11H,1,3-4,8,12H2,(H,28,31)/b13-7+. The van der Waals surface area contributed by atoms with E-state index in [0.29, 0.717) is 12.1 Å². The molecular formula is C22H18Cl2F3N3O3S2. The van der Waals surface area contributed by atoms with Gasteiger partial charge in [-0.25, -0.2) is 13.1 Å². The van der Waals surface area contributed by atoms with Crippen LogP contribution in [0, 0.1) is 0 Å². The van der Waals surface area contributed by atoms with Crippen molar-refractivity contribution >= 4 is 55.9 Å². The van der Waals surface area contributed by atoms with Crippen LogP contribution in [-0.2, 0) is 27.2 Å². The minimum Gasteiger partial charge on any atom is -0.352 e. The minimum atomic E-state index is -4.48. The molecule has 4 rings (SSSR count). The fourth-order valence-corrected chi connectivity index (χ4v) is 6.89. The van der Waals surface area contributed by atoms with Crippen LogP contribution in [0.4, 0.5) is 13.2 Å². The third kappa shape index (κ3) is 5.74. The van der Waals surface area contributed by atoms with Gasteiger partial charge in [-0.1, -0.05) is 35.3 Å². The maximum atomic E-state index is 13.2. The Morgan fingerprint density at radius 2 is 2.00 bits per heavy atom. The number of allylic oxidation sites excluding steroid dienone is 1. The number of alkyl halides is 3. The van der Waals surface area contributed by atoms with Crippen molar-refractivity contribution in [1.82, 2.24) is 15.1 Å². The largest absolute Gasteiger partial charge is 0.416 e. The second kappa shape index (κ2) is 9.96. The first-order chi connectivity index (χ1) is 16.5. The number of rotatable bonds is 6. The number of nitrogens with one attached hydrogen (secondary N) is 1. The van der Waals surface area contributed by atoms with Crippen LogP contribution in [0.2, 0.25) is 9.36 Å². The lowest BCUT2D eigenvalue weighted by molar-refractivity contribution is -0.137. The van der Waals surface area contributed by atoms with Gasteiger partial charge in [0.05, 0.1) is 28.2 Å². The summed E-state index contributed by atoms with van der Waals surface area (Å²) in [4.78, 5) is 12.3. The molecular weight excluding hydrogens is 546 g/mol. The topological polar surface area (TPSA) is 81.1 Å². The molecule has 0 bridgehead atoms. The van der Waals surface area contributed by atoms with E-state index < -0.39 is 33.2 Å². The number of halogens is 5. The van der Waals surface area contributed by atoms with Crippen molar-refractivity contribution in [3.63, 3.8) is 0 Å². The normalized spacial score (nSPS) is 15.3. The Kier molecular flexibility index (Phi) is 7.33. The smallest absolute Gasteiger partial charge is 0.352 e. The molecule has 0 fully saturated rings. The first-order valence-electron chi connectivity index (χ1n) is 10.3. The number of sulfone groups is 1. The average Bonchev–Trinajstić information content (AvgIpc) is 3.37. The van der Waals surface area contributed by atoms with E-state index in [4.69, 9.17) is 23.2 Å². The lowest BCUT2D eigenvalue weighted by Gasteiger charge is -2.19. The highest BCUT2D eigenvalue weighted by Crippen LogP contribution is 2.36. The molecule has 0 spiro atoms. The lowest BCUT2D eigenvalue weighted by atomic mass is 9.92. The Morgan fingerprint density at radius 1 is 1.23 bits per heavy atom. The van der Waals surface area contributed by atoms with E-state index in [1.165, 1.54) is 16.8 Å². The van der Waals surface area contributed by atoms with Gasteiger partial charge in [0.25, 0.3) is 0 Å². The molecule has 1 N–H and O–H groups in total. The molecule has 1 aromatic carbocycles. The Balaban J connectivity index is 1.50. The molecule has 35 heavy (non-hydrogen) atoms. The fourth-order valence-electron chi connectivity index (χ4n) is 3.77. The first kappa shape index (κ1) is 25.7. The number of aromatic nitrogens is 2. The molecule has 0 atom stereocenters. The van der Waals surface area contributed by atoms with Crippen molar-refractivity contribution in [2.24, 2.45) is 0 Å². The molecule has 0 aliphatic heterocycles. The average molecular weight is 564 g/mol. The summed E-state index contributed by atoms with van der Waals surface area (Å²) < 4.78 is 65.9. The molecule has 1 aliphatic carbocycles. The molecule has 3 aromatic rings. The Bertz CT molecular complexity index is 1390. The number of carbonyl (C=O) groups excluding carboxylic acids is 1. The molecule has 0 saturated carbocycles. The molecule has 1 aliphatic rings. The van der Waals surface area contributed by atoms with Crippen LogP contribution >= 0.6 is 34.5 Å². The summed E-state index contributed by atoms with van der Waals surface area (Å²) in [5.74, 6) is -1.47. The van der Waals surface area contributed by atoms with Crippen molar-refractivity contribution < 1.29 is 26.4 Å². The second-order valence-corrected chi connectivity index (χ2v) is 12.1. The van der Waals surface area contributed by atoms with Gasteiger partial charge in [0.15, 0.2) is 9.84 Å². The van der Waals surface area contributed by atoms with E-state index in [1.54, 1.807) is 18.3 Å². The van der Waals surface area contributed by atoms with Crippen molar-refractivity contribution in [1.29, 1.82) is 0 Å². The maximum Gasteiger partial charge on any atom is 0.416 e. The van der Waals surface area contributed by atoms with Crippen LogP contribution in [0.25, 0.3) is 11.3 Å². The highest BCUT2D eigenvalue weighted by Gasteiger charge is 2.31. The highest BCUT2D eigenvalue weighted by atomic mass is 35.5. The van der Waals surface area contributed by atoms with Crippen LogP contribution in [0.15, 0.2) is 46.8 Å². The molecule has 0 saturated heterocycles. The summed E-state index contributed by atoms with van der Waals surface area (Å²) in [5.41, 5.74) is 1.88. The van der Waals surface area contributed by atoms with Gasteiger partial charge < -0.3 is 5.32 Å². The van der Waals surface area contributed by atoms with E-state index in [-0.39, 0.29) is 25.8 Å². The molecule has 2 aromatic heterocycles. The number of carbonyl (C=O) groups is 1. The van der Waals surface area contributed by atoms with E-state index in [2.05, 4.69) is 10.4 Å². The van der Waals surface area contributed by atoms with Crippen LogP contribution < -0.4 is 5.32 Å². The predicted octanol–water partition coefficient (Wildman–Crippen LogP) is 5.57. The zero-order chi connectivity index (χ0) is 25.4. The van der Waals surface area contributed by atoms with Gasteiger partial charge >= 0.3 is 6.18 Å². The number of fused-ring (bicyclic) bond motifs is 1. The Labute approximate surface area is 213 Å². The van der Waals surface area contributed by atoms with Crippen LogP contribution in [0.3, 0.4) is 0 Å². The van der Waals surface area contributed by atoms with Gasteiger partial charge in [-0.2, -0.15) is 18.3 Å². The van der Waals surface area contributed by atoms with E-state index >= 15 is 0 Å². The molecule has 6 nitrogen and oxygen atoms in total. The monoisotopic (exact) mass is 563 g/mol. The zero-order valence-corrected chi connectivity index (χ0v) is 21.0. The molecule has 2 heterocycles. The van der Waals surface area contributed by atoms with Gasteiger partial charge in [0.1, 0.15) is 14.3 Å². The molecule has 1 amide bonds. The predicted molar refractivity (Wildman–Crippen MR) is 129 cm³/mol. The number of hydrogen-bond donors (Lipinski definition) is 1. The molecule has 186 valence electrons. The highest BCUT2D eigenvalue weighted by molar-refractivity contribution is 7.94. The Hall–Kier alpha value is -2.34. The number of hydrogen-bond acceptors (Lipinski definition) is 5. The number of benzene rings is 1. The number of aryl methyl sites for hydroxylation is 1. The van der Waals surface area contributed by atoms with Gasteiger partial charge in [-0.15, -0.1) is 11.3 Å². The Morgan fingerprint density at radius 3 is 2.69 bits per heavy atom. The van der Waals surface area contributed by atoms with Crippen LogP contribution in [0.5, 0.6) is 0 Å². The van der Waals surface area contributed by atoms with Crippen molar-refractivity contribution in [2.45, 2.75) is 29.6 Å². The van der Waals surface area contributed by atoms with E-state index in [1.807, 2.05) is 0 Å². The van der Waals surface area contributed by atoms with Crippen LogP contribution in [-0.4, -0.2) is 36.4 Å². The summed E-state index contributed by atoms with van der Waals surface area (Å²) in [6, 6.07) is 6.11.